The highest BCUT2D eigenvalue weighted by atomic mass is 35.5. The first-order chi connectivity index (χ1) is 11.8. The van der Waals surface area contributed by atoms with Crippen molar-refractivity contribution in [3.8, 4) is 0 Å². The number of ether oxygens (including phenoxy) is 1. The maximum absolute atomic E-state index is 12.2. The molecule has 0 aromatic heterocycles. The van der Waals surface area contributed by atoms with Gasteiger partial charge in [0.25, 0.3) is 5.91 Å². The zero-order valence-electron chi connectivity index (χ0n) is 13.6. The average Bonchev–Trinajstić information content (AvgIpc) is 2.55. The molecule has 9 heteroatoms. The van der Waals surface area contributed by atoms with Crippen LogP contribution in [0.4, 0.5) is 0 Å². The molecule has 0 unspecified atom stereocenters. The fourth-order valence-electron chi connectivity index (χ4n) is 2.16. The highest BCUT2D eigenvalue weighted by molar-refractivity contribution is 6.37. The van der Waals surface area contributed by atoms with Crippen LogP contribution >= 0.6 is 23.2 Å². The summed E-state index contributed by atoms with van der Waals surface area (Å²) in [6.07, 6.45) is -0.697. The van der Waals surface area contributed by atoms with Crippen molar-refractivity contribution in [1.29, 1.82) is 0 Å². The number of hydrazone groups is 1. The summed E-state index contributed by atoms with van der Waals surface area (Å²) >= 11 is 12.0. The molecule has 134 valence electrons. The van der Waals surface area contributed by atoms with E-state index in [0.29, 0.717) is 15.6 Å². The highest BCUT2D eigenvalue weighted by Crippen LogP contribution is 2.26. The minimum atomic E-state index is -1.03. The minimum absolute atomic E-state index is 0.0769. The van der Waals surface area contributed by atoms with Gasteiger partial charge in [-0.15, -0.1) is 0 Å². The fourth-order valence-corrected chi connectivity index (χ4v) is 2.74. The van der Waals surface area contributed by atoms with E-state index >= 15 is 0 Å². The Morgan fingerprint density at radius 2 is 2.00 bits per heavy atom. The number of hydrogen-bond acceptors (Lipinski definition) is 5. The second-order valence-corrected chi connectivity index (χ2v) is 6.38. The Morgan fingerprint density at radius 3 is 2.60 bits per heavy atom. The molecule has 2 rings (SSSR count). The minimum Gasteiger partial charge on any atom is -0.448 e. The van der Waals surface area contributed by atoms with Gasteiger partial charge in [-0.3, -0.25) is 9.59 Å². The van der Waals surface area contributed by atoms with E-state index in [2.05, 4.69) is 15.8 Å². The molecule has 2 N–H and O–H groups in total. The van der Waals surface area contributed by atoms with Gasteiger partial charge in [0, 0.05) is 22.9 Å². The summed E-state index contributed by atoms with van der Waals surface area (Å²) in [6.45, 7) is 3.20. The molecule has 7 nitrogen and oxygen atoms in total. The lowest BCUT2D eigenvalue weighted by Gasteiger charge is -2.20. The van der Waals surface area contributed by atoms with Gasteiger partial charge in [0.15, 0.2) is 6.10 Å². The largest absolute Gasteiger partial charge is 0.448 e. The Bertz CT molecular complexity index is 736. The van der Waals surface area contributed by atoms with Crippen molar-refractivity contribution in [2.24, 2.45) is 5.10 Å². The summed E-state index contributed by atoms with van der Waals surface area (Å²) in [4.78, 5) is 35.2. The monoisotopic (exact) mass is 385 g/mol. The number of amides is 2. The molecule has 1 aliphatic heterocycles. The Kier molecular flexibility index (Phi) is 6.39. The van der Waals surface area contributed by atoms with Crippen LogP contribution in [0.2, 0.25) is 10.0 Å². The molecule has 1 aromatic carbocycles. The summed E-state index contributed by atoms with van der Waals surface area (Å²) < 4.78 is 5.09. The van der Waals surface area contributed by atoms with Gasteiger partial charge < -0.3 is 10.1 Å². The summed E-state index contributed by atoms with van der Waals surface area (Å²) in [6, 6.07) is 4.57. The molecule has 0 spiro atoms. The first-order valence-corrected chi connectivity index (χ1v) is 8.35. The molecule has 0 saturated carbocycles. The Hall–Kier alpha value is -2.12. The molecule has 0 saturated heterocycles. The van der Waals surface area contributed by atoms with Crippen molar-refractivity contribution in [1.82, 2.24) is 10.7 Å². The fraction of sp³-hybridized carbons (Fsp3) is 0.375. The van der Waals surface area contributed by atoms with E-state index in [9.17, 15) is 14.4 Å². The zero-order valence-corrected chi connectivity index (χ0v) is 15.1. The number of hydrogen-bond donors (Lipinski definition) is 2. The Balaban J connectivity index is 1.93. The topological polar surface area (TPSA) is 96.9 Å². The number of carbonyl (C=O) groups is 3. The third-order valence-corrected chi connectivity index (χ3v) is 4.14. The molecule has 1 aliphatic rings. The summed E-state index contributed by atoms with van der Waals surface area (Å²) in [7, 11) is 0. The van der Waals surface area contributed by atoms with E-state index in [4.69, 9.17) is 27.9 Å². The van der Waals surface area contributed by atoms with Crippen molar-refractivity contribution >= 4 is 46.7 Å². The zero-order chi connectivity index (χ0) is 18.6. The number of benzene rings is 1. The molecule has 0 radical (unpaired) electrons. The smallest absolute Gasteiger partial charge is 0.355 e. The Labute approximate surface area is 154 Å². The average molecular weight is 386 g/mol. The number of halogens is 2. The van der Waals surface area contributed by atoms with Crippen LogP contribution in [-0.2, 0) is 19.1 Å². The lowest BCUT2D eigenvalue weighted by atomic mass is 10.1. The maximum atomic E-state index is 12.2. The van der Waals surface area contributed by atoms with Crippen LogP contribution in [0.5, 0.6) is 0 Å². The van der Waals surface area contributed by atoms with Crippen LogP contribution in [0, 0.1) is 0 Å². The predicted octanol–water partition coefficient (Wildman–Crippen LogP) is 2.37. The third-order valence-electron chi connectivity index (χ3n) is 3.58. The molecule has 0 bridgehead atoms. The van der Waals surface area contributed by atoms with Gasteiger partial charge in [0.1, 0.15) is 5.71 Å². The van der Waals surface area contributed by atoms with Crippen molar-refractivity contribution in [2.45, 2.75) is 38.8 Å². The molecule has 2 atom stereocenters. The van der Waals surface area contributed by atoms with Crippen molar-refractivity contribution in [3.63, 3.8) is 0 Å². The quantitative estimate of drug-likeness (QED) is 0.760. The van der Waals surface area contributed by atoms with Crippen LogP contribution in [-0.4, -0.2) is 29.6 Å². The van der Waals surface area contributed by atoms with Crippen molar-refractivity contribution in [2.75, 3.05) is 0 Å². The van der Waals surface area contributed by atoms with Crippen molar-refractivity contribution < 1.29 is 19.1 Å². The summed E-state index contributed by atoms with van der Waals surface area (Å²) in [5.74, 6) is -1.48. The van der Waals surface area contributed by atoms with Crippen LogP contribution in [0.3, 0.4) is 0 Å². The summed E-state index contributed by atoms with van der Waals surface area (Å²) in [5, 5.41) is 7.27. The lowest BCUT2D eigenvalue weighted by molar-refractivity contribution is -0.149. The third kappa shape index (κ3) is 5.17. The molecular weight excluding hydrogens is 369 g/mol. The molecule has 1 aromatic rings. The number of nitrogens with zero attached hydrogens (tertiary/aromatic N) is 1. The second-order valence-electron chi connectivity index (χ2n) is 5.54. The standard InChI is InChI=1S/C16H17Cl2N3O4/c1-8(11-4-3-10(17)7-12(11)18)19-15(23)9(2)25-16(24)13-5-6-14(22)21-20-13/h3-4,7-9H,5-6H2,1-2H3,(H,19,23)(H,21,22)/t8-,9-/m1/s1. The second kappa shape index (κ2) is 8.31. The molecule has 0 aliphatic carbocycles. The van der Waals surface area contributed by atoms with Gasteiger partial charge in [-0.05, 0) is 31.5 Å². The van der Waals surface area contributed by atoms with E-state index in [0.717, 1.165) is 0 Å². The number of nitrogens with one attached hydrogen (secondary N) is 2. The lowest BCUT2D eigenvalue weighted by Crippen LogP contribution is -2.39. The number of esters is 1. The van der Waals surface area contributed by atoms with Crippen LogP contribution in [0.15, 0.2) is 23.3 Å². The van der Waals surface area contributed by atoms with Crippen LogP contribution in [0.1, 0.15) is 38.3 Å². The van der Waals surface area contributed by atoms with Gasteiger partial charge in [-0.2, -0.15) is 5.10 Å². The number of rotatable bonds is 5. The molecule has 0 fully saturated rings. The molecule has 1 heterocycles. The van der Waals surface area contributed by atoms with E-state index in [1.165, 1.54) is 6.92 Å². The van der Waals surface area contributed by atoms with Gasteiger partial charge in [-0.25, -0.2) is 10.2 Å². The van der Waals surface area contributed by atoms with Gasteiger partial charge in [0.05, 0.1) is 6.04 Å². The van der Waals surface area contributed by atoms with Crippen LogP contribution in [0.25, 0.3) is 0 Å². The predicted molar refractivity (Wildman–Crippen MR) is 93.4 cm³/mol. The molecular formula is C16H17Cl2N3O4. The normalized spacial score (nSPS) is 16.3. The SMILES string of the molecule is C[C@@H](OC(=O)C1=NNC(=O)CC1)C(=O)N[C@H](C)c1ccc(Cl)cc1Cl. The first kappa shape index (κ1) is 19.2. The Morgan fingerprint density at radius 1 is 1.28 bits per heavy atom. The molecule has 2 amide bonds. The van der Waals surface area contributed by atoms with E-state index in [1.807, 2.05) is 0 Å². The first-order valence-electron chi connectivity index (χ1n) is 7.59. The van der Waals surface area contributed by atoms with Gasteiger partial charge >= 0.3 is 5.97 Å². The van der Waals surface area contributed by atoms with Crippen molar-refractivity contribution in [3.05, 3.63) is 33.8 Å². The summed E-state index contributed by atoms with van der Waals surface area (Å²) in [5.41, 5.74) is 2.97. The van der Waals surface area contributed by atoms with E-state index in [-0.39, 0.29) is 24.5 Å². The van der Waals surface area contributed by atoms with E-state index < -0.39 is 24.0 Å². The number of carbonyl (C=O) groups excluding carboxylic acids is 3. The maximum Gasteiger partial charge on any atom is 0.355 e. The molecule has 25 heavy (non-hydrogen) atoms. The van der Waals surface area contributed by atoms with Crippen LogP contribution < -0.4 is 10.7 Å². The van der Waals surface area contributed by atoms with E-state index in [1.54, 1.807) is 25.1 Å². The van der Waals surface area contributed by atoms with Gasteiger partial charge in [-0.1, -0.05) is 29.3 Å². The highest BCUT2D eigenvalue weighted by Gasteiger charge is 2.25. The van der Waals surface area contributed by atoms with Gasteiger partial charge in [0.2, 0.25) is 5.91 Å².